The largest absolute Gasteiger partial charge is 0.392 e. The van der Waals surface area contributed by atoms with E-state index in [0.717, 1.165) is 27.7 Å². The summed E-state index contributed by atoms with van der Waals surface area (Å²) in [5, 5.41) is 13.7. The van der Waals surface area contributed by atoms with Crippen LogP contribution in [0.25, 0.3) is 22.0 Å². The van der Waals surface area contributed by atoms with E-state index < -0.39 is 0 Å². The molecule has 0 saturated heterocycles. The van der Waals surface area contributed by atoms with Crippen molar-refractivity contribution in [3.05, 3.63) is 83.7 Å². The van der Waals surface area contributed by atoms with Gasteiger partial charge in [0.25, 0.3) is 0 Å². The molecule has 0 radical (unpaired) electrons. The van der Waals surface area contributed by atoms with E-state index >= 15 is 0 Å². The van der Waals surface area contributed by atoms with Gasteiger partial charge in [0.1, 0.15) is 5.52 Å². The van der Waals surface area contributed by atoms with Gasteiger partial charge in [-0.25, -0.2) is 4.98 Å². The van der Waals surface area contributed by atoms with Gasteiger partial charge in [0.05, 0.1) is 6.61 Å². The van der Waals surface area contributed by atoms with Crippen LogP contribution >= 0.6 is 0 Å². The number of hydrogen-bond donors (Lipinski definition) is 2. The van der Waals surface area contributed by atoms with Crippen LogP contribution in [0.3, 0.4) is 0 Å². The summed E-state index contributed by atoms with van der Waals surface area (Å²) >= 11 is 0. The predicted octanol–water partition coefficient (Wildman–Crippen LogP) is 5.15. The van der Waals surface area contributed by atoms with Gasteiger partial charge in [0.15, 0.2) is 5.82 Å². The molecule has 0 saturated carbocycles. The summed E-state index contributed by atoms with van der Waals surface area (Å²) in [6.07, 6.45) is 3.44. The van der Waals surface area contributed by atoms with Crippen molar-refractivity contribution in [2.24, 2.45) is 0 Å². The minimum Gasteiger partial charge on any atom is -0.392 e. The number of benzene rings is 2. The lowest BCUT2D eigenvalue weighted by molar-refractivity contribution is 0.281. The molecule has 0 bridgehead atoms. The Bertz CT molecular complexity index is 1120. The van der Waals surface area contributed by atoms with Gasteiger partial charge in [0.2, 0.25) is 0 Å². The highest BCUT2D eigenvalue weighted by Crippen LogP contribution is 2.32. The molecule has 0 aliphatic rings. The molecule has 0 atom stereocenters. The molecule has 0 fully saturated rings. The van der Waals surface area contributed by atoms with Gasteiger partial charge < -0.3 is 10.4 Å². The van der Waals surface area contributed by atoms with Gasteiger partial charge >= 0.3 is 0 Å². The number of fused-ring (bicyclic) bond motifs is 1. The maximum Gasteiger partial charge on any atom is 0.156 e. The second kappa shape index (κ2) is 7.17. The fourth-order valence-electron chi connectivity index (χ4n) is 3.35. The van der Waals surface area contributed by atoms with Crippen molar-refractivity contribution in [2.45, 2.75) is 20.5 Å². The van der Waals surface area contributed by atoms with Crippen LogP contribution in [0.1, 0.15) is 16.7 Å². The fraction of sp³-hybridized carbons (Fsp3) is 0.130. The SMILES string of the molecule is Cc1ccccc1-c1cccc(Nc2nccc3cc(CO)cnc23)c1C. The van der Waals surface area contributed by atoms with Crippen LogP contribution in [-0.4, -0.2) is 15.1 Å². The standard InChI is InChI=1S/C23H21N3O/c1-15-6-3-4-7-19(15)20-8-5-9-21(16(20)2)26-23-22-18(10-11-24-23)12-17(14-27)13-25-22/h3-13,27H,14H2,1-2H3,(H,24,26). The Morgan fingerprint density at radius 2 is 1.74 bits per heavy atom. The third-order valence-corrected chi connectivity index (χ3v) is 4.86. The quantitative estimate of drug-likeness (QED) is 0.531. The molecule has 27 heavy (non-hydrogen) atoms. The Morgan fingerprint density at radius 1 is 0.926 bits per heavy atom. The number of aryl methyl sites for hydroxylation is 1. The maximum atomic E-state index is 9.33. The molecule has 0 spiro atoms. The van der Waals surface area contributed by atoms with Gasteiger partial charge in [0, 0.05) is 23.5 Å². The fourth-order valence-corrected chi connectivity index (χ4v) is 3.35. The number of nitrogens with zero attached hydrogens (tertiary/aromatic N) is 2. The number of pyridine rings is 2. The number of aliphatic hydroxyl groups excluding tert-OH is 1. The normalized spacial score (nSPS) is 10.9. The average Bonchev–Trinajstić information content (AvgIpc) is 2.70. The van der Waals surface area contributed by atoms with Crippen molar-refractivity contribution < 1.29 is 5.11 Å². The lowest BCUT2D eigenvalue weighted by Crippen LogP contribution is -1.99. The van der Waals surface area contributed by atoms with E-state index in [-0.39, 0.29) is 6.61 Å². The van der Waals surface area contributed by atoms with Crippen LogP contribution in [-0.2, 0) is 6.61 Å². The first-order valence-corrected chi connectivity index (χ1v) is 8.94. The zero-order valence-corrected chi connectivity index (χ0v) is 15.4. The smallest absolute Gasteiger partial charge is 0.156 e. The molecule has 4 aromatic rings. The number of nitrogens with one attached hydrogen (secondary N) is 1. The van der Waals surface area contributed by atoms with E-state index in [1.165, 1.54) is 16.7 Å². The first-order valence-electron chi connectivity index (χ1n) is 8.94. The van der Waals surface area contributed by atoms with E-state index in [4.69, 9.17) is 0 Å². The molecule has 0 aliphatic heterocycles. The first kappa shape index (κ1) is 17.2. The highest BCUT2D eigenvalue weighted by molar-refractivity contribution is 5.91. The molecule has 134 valence electrons. The van der Waals surface area contributed by atoms with Gasteiger partial charge in [-0.1, -0.05) is 36.4 Å². The molecule has 0 amide bonds. The first-order chi connectivity index (χ1) is 13.2. The molecule has 0 aliphatic carbocycles. The zero-order valence-electron chi connectivity index (χ0n) is 15.4. The Labute approximate surface area is 158 Å². The molecular weight excluding hydrogens is 334 g/mol. The summed E-state index contributed by atoms with van der Waals surface area (Å²) in [7, 11) is 0. The maximum absolute atomic E-state index is 9.33. The average molecular weight is 355 g/mol. The van der Waals surface area contributed by atoms with E-state index in [9.17, 15) is 5.11 Å². The van der Waals surface area contributed by atoms with E-state index in [1.807, 2.05) is 12.1 Å². The van der Waals surface area contributed by atoms with Crippen LogP contribution in [0.15, 0.2) is 67.0 Å². The Morgan fingerprint density at radius 3 is 2.56 bits per heavy atom. The van der Waals surface area contributed by atoms with Gasteiger partial charge in [-0.15, -0.1) is 0 Å². The number of anilines is 2. The van der Waals surface area contributed by atoms with Crippen LogP contribution in [0.5, 0.6) is 0 Å². The molecule has 0 unspecified atom stereocenters. The topological polar surface area (TPSA) is 58.0 Å². The van der Waals surface area contributed by atoms with Crippen LogP contribution < -0.4 is 5.32 Å². The van der Waals surface area contributed by atoms with Crippen molar-refractivity contribution >= 4 is 22.4 Å². The number of aromatic nitrogens is 2. The van der Waals surface area contributed by atoms with E-state index in [2.05, 4.69) is 71.6 Å². The summed E-state index contributed by atoms with van der Waals surface area (Å²) in [6, 6.07) is 18.5. The van der Waals surface area contributed by atoms with Gasteiger partial charge in [-0.05, 0) is 59.9 Å². The summed E-state index contributed by atoms with van der Waals surface area (Å²) in [4.78, 5) is 8.97. The Hall–Kier alpha value is -3.24. The summed E-state index contributed by atoms with van der Waals surface area (Å²) in [5.41, 5.74) is 7.43. The Kier molecular flexibility index (Phi) is 4.57. The predicted molar refractivity (Wildman–Crippen MR) is 110 cm³/mol. The highest BCUT2D eigenvalue weighted by atomic mass is 16.3. The Balaban J connectivity index is 1.77. The minimum absolute atomic E-state index is 0.0222. The summed E-state index contributed by atoms with van der Waals surface area (Å²) < 4.78 is 0. The molecule has 2 heterocycles. The molecule has 4 nitrogen and oxygen atoms in total. The monoisotopic (exact) mass is 355 g/mol. The van der Waals surface area contributed by atoms with Gasteiger partial charge in [-0.3, -0.25) is 4.98 Å². The molecular formula is C23H21N3O. The highest BCUT2D eigenvalue weighted by Gasteiger charge is 2.11. The minimum atomic E-state index is -0.0222. The lowest BCUT2D eigenvalue weighted by atomic mass is 9.95. The third-order valence-electron chi connectivity index (χ3n) is 4.86. The van der Waals surface area contributed by atoms with Crippen molar-refractivity contribution in [1.29, 1.82) is 0 Å². The second-order valence-electron chi connectivity index (χ2n) is 6.65. The molecule has 2 aromatic carbocycles. The van der Waals surface area contributed by atoms with Crippen LogP contribution in [0.2, 0.25) is 0 Å². The van der Waals surface area contributed by atoms with Crippen LogP contribution in [0.4, 0.5) is 11.5 Å². The third kappa shape index (κ3) is 3.27. The molecule has 4 rings (SSSR count). The van der Waals surface area contributed by atoms with Crippen molar-refractivity contribution in [2.75, 3.05) is 5.32 Å². The summed E-state index contributed by atoms with van der Waals surface area (Å²) in [6.45, 7) is 4.22. The van der Waals surface area contributed by atoms with Crippen LogP contribution in [0, 0.1) is 13.8 Å². The summed E-state index contributed by atoms with van der Waals surface area (Å²) in [5.74, 6) is 0.710. The molecule has 4 heteroatoms. The second-order valence-corrected chi connectivity index (χ2v) is 6.65. The zero-order chi connectivity index (χ0) is 18.8. The number of aliphatic hydroxyl groups is 1. The van der Waals surface area contributed by atoms with E-state index in [0.29, 0.717) is 5.82 Å². The lowest BCUT2D eigenvalue weighted by Gasteiger charge is -2.15. The van der Waals surface area contributed by atoms with E-state index in [1.54, 1.807) is 12.4 Å². The molecule has 2 aromatic heterocycles. The number of hydrogen-bond acceptors (Lipinski definition) is 4. The van der Waals surface area contributed by atoms with Gasteiger partial charge in [-0.2, -0.15) is 0 Å². The molecule has 2 N–H and O–H groups in total. The number of rotatable bonds is 4. The van der Waals surface area contributed by atoms with Crippen molar-refractivity contribution in [3.8, 4) is 11.1 Å². The van der Waals surface area contributed by atoms with Crippen molar-refractivity contribution in [3.63, 3.8) is 0 Å². The van der Waals surface area contributed by atoms with Crippen molar-refractivity contribution in [1.82, 2.24) is 9.97 Å².